The summed E-state index contributed by atoms with van der Waals surface area (Å²) >= 11 is 1.79. The minimum Gasteiger partial charge on any atom is -0.208 e. The molecule has 0 radical (unpaired) electrons. The van der Waals surface area contributed by atoms with Crippen molar-refractivity contribution in [3.8, 4) is 62.5 Å². The molecule has 0 unspecified atom stereocenters. The van der Waals surface area contributed by atoms with Crippen LogP contribution in [-0.4, -0.2) is 15.0 Å². The van der Waals surface area contributed by atoms with Crippen molar-refractivity contribution in [2.45, 2.75) is 0 Å². The predicted octanol–water partition coefficient (Wildman–Crippen LogP) is 10.4. The van der Waals surface area contributed by atoms with E-state index in [1.165, 1.54) is 31.3 Å². The topological polar surface area (TPSA) is 62.5 Å². The first-order valence-corrected chi connectivity index (χ1v) is 15.5. The van der Waals surface area contributed by atoms with E-state index in [1.54, 1.807) is 11.3 Å². The minimum atomic E-state index is 0.599. The molecule has 2 aromatic heterocycles. The average Bonchev–Trinajstić information content (AvgIpc) is 3.50. The molecule has 8 aromatic rings. The van der Waals surface area contributed by atoms with Crippen LogP contribution in [0.4, 0.5) is 0 Å². The van der Waals surface area contributed by atoms with Crippen LogP contribution in [0.2, 0.25) is 0 Å². The van der Waals surface area contributed by atoms with Crippen molar-refractivity contribution in [3.63, 3.8) is 0 Å². The molecule has 0 aliphatic heterocycles. The van der Waals surface area contributed by atoms with Gasteiger partial charge in [0, 0.05) is 36.9 Å². The summed E-state index contributed by atoms with van der Waals surface area (Å²) in [5.41, 5.74) is 7.72. The first-order valence-electron chi connectivity index (χ1n) is 14.7. The van der Waals surface area contributed by atoms with Gasteiger partial charge in [0.05, 0.1) is 11.6 Å². The lowest BCUT2D eigenvalue weighted by Gasteiger charge is -2.10. The monoisotopic (exact) mass is 592 g/mol. The highest BCUT2D eigenvalue weighted by Crippen LogP contribution is 2.41. The Bertz CT molecular complexity index is 2370. The van der Waals surface area contributed by atoms with Crippen LogP contribution >= 0.6 is 11.3 Å². The molecule has 210 valence electrons. The molecule has 4 nitrogen and oxygen atoms in total. The summed E-state index contributed by atoms with van der Waals surface area (Å²) in [7, 11) is 0. The van der Waals surface area contributed by atoms with Gasteiger partial charge in [-0.15, -0.1) is 11.3 Å². The predicted molar refractivity (Wildman–Crippen MR) is 185 cm³/mol. The van der Waals surface area contributed by atoms with Gasteiger partial charge in [-0.1, -0.05) is 127 Å². The molecular weight excluding hydrogens is 569 g/mol. The van der Waals surface area contributed by atoms with Crippen molar-refractivity contribution in [1.29, 1.82) is 5.26 Å². The van der Waals surface area contributed by atoms with Crippen molar-refractivity contribution < 1.29 is 0 Å². The summed E-state index contributed by atoms with van der Waals surface area (Å²) in [4.78, 5) is 14.9. The number of thiophene rings is 1. The van der Waals surface area contributed by atoms with Crippen molar-refractivity contribution in [1.82, 2.24) is 15.0 Å². The molecule has 0 atom stereocenters. The smallest absolute Gasteiger partial charge is 0.164 e. The molecule has 45 heavy (non-hydrogen) atoms. The van der Waals surface area contributed by atoms with E-state index < -0.39 is 0 Å². The Kier molecular flexibility index (Phi) is 6.68. The molecule has 0 spiro atoms. The lowest BCUT2D eigenvalue weighted by Crippen LogP contribution is -2.00. The first kappa shape index (κ1) is 26.7. The molecule has 0 aliphatic carbocycles. The maximum absolute atomic E-state index is 9.59. The third kappa shape index (κ3) is 4.94. The maximum Gasteiger partial charge on any atom is 0.164 e. The molecule has 6 aromatic carbocycles. The number of benzene rings is 6. The highest BCUT2D eigenvalue weighted by Gasteiger charge is 2.16. The van der Waals surface area contributed by atoms with Crippen LogP contribution in [0.25, 0.3) is 76.6 Å². The van der Waals surface area contributed by atoms with Crippen LogP contribution in [0.3, 0.4) is 0 Å². The second-order valence-corrected chi connectivity index (χ2v) is 11.8. The van der Waals surface area contributed by atoms with E-state index in [1.807, 2.05) is 78.9 Å². The van der Waals surface area contributed by atoms with Gasteiger partial charge in [-0.25, -0.2) is 15.0 Å². The molecular formula is C40H24N4S. The zero-order valence-corrected chi connectivity index (χ0v) is 24.9. The molecule has 0 aliphatic rings. The number of hydrogen-bond donors (Lipinski definition) is 0. The quantitative estimate of drug-likeness (QED) is 0.199. The maximum atomic E-state index is 9.59. The highest BCUT2D eigenvalue weighted by molar-refractivity contribution is 7.26. The van der Waals surface area contributed by atoms with Gasteiger partial charge in [0.25, 0.3) is 0 Å². The van der Waals surface area contributed by atoms with E-state index in [0.29, 0.717) is 23.0 Å². The minimum absolute atomic E-state index is 0.599. The van der Waals surface area contributed by atoms with Crippen molar-refractivity contribution in [3.05, 3.63) is 151 Å². The van der Waals surface area contributed by atoms with E-state index in [0.717, 1.165) is 27.8 Å². The molecule has 0 saturated heterocycles. The number of aromatic nitrogens is 3. The Labute approximate surface area is 264 Å². The second kappa shape index (κ2) is 11.3. The van der Waals surface area contributed by atoms with Crippen LogP contribution in [0, 0.1) is 11.3 Å². The van der Waals surface area contributed by atoms with Gasteiger partial charge in [-0.05, 0) is 40.5 Å². The molecule has 0 saturated carbocycles. The Balaban J connectivity index is 1.25. The number of nitrogens with zero attached hydrogens (tertiary/aromatic N) is 4. The van der Waals surface area contributed by atoms with Crippen LogP contribution in [0.5, 0.6) is 0 Å². The van der Waals surface area contributed by atoms with Gasteiger partial charge >= 0.3 is 0 Å². The van der Waals surface area contributed by atoms with Crippen molar-refractivity contribution >= 4 is 31.5 Å². The van der Waals surface area contributed by atoms with Gasteiger partial charge in [0.2, 0.25) is 0 Å². The number of nitriles is 1. The molecule has 2 heterocycles. The summed E-state index contributed by atoms with van der Waals surface area (Å²) in [5, 5.41) is 12.1. The Morgan fingerprint density at radius 1 is 0.444 bits per heavy atom. The van der Waals surface area contributed by atoms with Gasteiger partial charge in [0.15, 0.2) is 17.5 Å². The van der Waals surface area contributed by atoms with E-state index in [2.05, 4.69) is 72.8 Å². The third-order valence-electron chi connectivity index (χ3n) is 8.01. The van der Waals surface area contributed by atoms with Gasteiger partial charge < -0.3 is 0 Å². The van der Waals surface area contributed by atoms with Crippen molar-refractivity contribution in [2.75, 3.05) is 0 Å². The summed E-state index contributed by atoms with van der Waals surface area (Å²) in [6.45, 7) is 0. The lowest BCUT2D eigenvalue weighted by atomic mass is 9.99. The average molecular weight is 593 g/mol. The zero-order chi connectivity index (χ0) is 30.2. The lowest BCUT2D eigenvalue weighted by molar-refractivity contribution is 1.07. The van der Waals surface area contributed by atoms with E-state index in [4.69, 9.17) is 15.0 Å². The number of rotatable bonds is 5. The van der Waals surface area contributed by atoms with Crippen molar-refractivity contribution in [2.24, 2.45) is 0 Å². The van der Waals surface area contributed by atoms with E-state index in [-0.39, 0.29) is 0 Å². The van der Waals surface area contributed by atoms with Gasteiger partial charge in [-0.3, -0.25) is 0 Å². The summed E-state index contributed by atoms with van der Waals surface area (Å²) in [5.74, 6) is 1.85. The van der Waals surface area contributed by atoms with Crippen LogP contribution < -0.4 is 0 Å². The Morgan fingerprint density at radius 2 is 0.978 bits per heavy atom. The number of fused-ring (bicyclic) bond motifs is 3. The summed E-state index contributed by atoms with van der Waals surface area (Å²) < 4.78 is 2.44. The third-order valence-corrected chi connectivity index (χ3v) is 9.13. The second-order valence-electron chi connectivity index (χ2n) is 10.8. The van der Waals surface area contributed by atoms with Crippen LogP contribution in [0.15, 0.2) is 146 Å². The summed E-state index contributed by atoms with van der Waals surface area (Å²) in [6, 6.07) is 51.6. The fourth-order valence-corrected chi connectivity index (χ4v) is 6.98. The summed E-state index contributed by atoms with van der Waals surface area (Å²) in [6.07, 6.45) is 0. The molecule has 0 N–H and O–H groups in total. The fraction of sp³-hybridized carbons (Fsp3) is 0. The first-order chi connectivity index (χ1) is 22.2. The molecule has 0 fully saturated rings. The Hall–Kier alpha value is -5.96. The molecule has 5 heteroatoms. The molecule has 0 amide bonds. The van der Waals surface area contributed by atoms with Crippen LogP contribution in [-0.2, 0) is 0 Å². The SMILES string of the molecule is N#Cc1ccccc1-c1ccc(-c2nc(-c3ccccc3)nc(-c3ccc4c(c3)sc3cccc(-c5ccccc5)c34)n2)cc1. The molecule has 0 bridgehead atoms. The number of hydrogen-bond acceptors (Lipinski definition) is 5. The fourth-order valence-electron chi connectivity index (χ4n) is 5.80. The highest BCUT2D eigenvalue weighted by atomic mass is 32.1. The normalized spacial score (nSPS) is 11.1. The largest absolute Gasteiger partial charge is 0.208 e. The zero-order valence-electron chi connectivity index (χ0n) is 24.1. The van der Waals surface area contributed by atoms with Crippen LogP contribution in [0.1, 0.15) is 5.56 Å². The molecule has 8 rings (SSSR count). The van der Waals surface area contributed by atoms with Gasteiger partial charge in [-0.2, -0.15) is 5.26 Å². The van der Waals surface area contributed by atoms with Gasteiger partial charge in [0.1, 0.15) is 0 Å². The van der Waals surface area contributed by atoms with E-state index >= 15 is 0 Å². The Morgan fingerprint density at radius 3 is 1.69 bits per heavy atom. The van der Waals surface area contributed by atoms with E-state index in [9.17, 15) is 5.26 Å². The standard InChI is InChI=1S/C40H24N4S/c41-25-31-14-7-8-15-32(31)27-18-20-29(21-19-27)39-42-38(28-12-5-2-6-13-28)43-40(44-39)30-22-23-34-36(24-30)45-35-17-9-16-33(37(34)35)26-10-3-1-4-11-26/h1-24H.